The average molecular weight is 292 g/mol. The molecule has 1 fully saturated rings. The number of nitrogens with zero attached hydrogens (tertiary/aromatic N) is 2. The van der Waals surface area contributed by atoms with Crippen LogP contribution in [0.3, 0.4) is 0 Å². The molecule has 1 N–H and O–H groups in total. The number of anilines is 1. The standard InChI is InChI=1S/C15H18ClN3O/c1-11(20)18-10-12-4-6-19(7-5-12)15-3-2-13(9-17)8-14(15)16/h2-3,8,12H,4-7,10H2,1H3,(H,18,20). The first-order valence-corrected chi connectivity index (χ1v) is 7.17. The fraction of sp³-hybridized carbons (Fsp3) is 0.467. The van der Waals surface area contributed by atoms with Crippen LogP contribution in [0.2, 0.25) is 5.02 Å². The van der Waals surface area contributed by atoms with E-state index in [0.29, 0.717) is 16.5 Å². The number of amides is 1. The van der Waals surface area contributed by atoms with Gasteiger partial charge in [-0.25, -0.2) is 0 Å². The Morgan fingerprint density at radius 3 is 2.75 bits per heavy atom. The molecule has 1 saturated heterocycles. The van der Waals surface area contributed by atoms with Gasteiger partial charge in [0, 0.05) is 26.6 Å². The Hall–Kier alpha value is -1.73. The highest BCUT2D eigenvalue weighted by molar-refractivity contribution is 6.33. The van der Waals surface area contributed by atoms with Gasteiger partial charge in [-0.1, -0.05) is 11.6 Å². The molecule has 20 heavy (non-hydrogen) atoms. The van der Waals surface area contributed by atoms with Crippen LogP contribution in [0.5, 0.6) is 0 Å². The number of rotatable bonds is 3. The molecule has 0 atom stereocenters. The van der Waals surface area contributed by atoms with E-state index in [2.05, 4.69) is 16.3 Å². The largest absolute Gasteiger partial charge is 0.370 e. The van der Waals surface area contributed by atoms with Crippen molar-refractivity contribution < 1.29 is 4.79 Å². The number of nitriles is 1. The van der Waals surface area contributed by atoms with Gasteiger partial charge in [0.1, 0.15) is 0 Å². The van der Waals surface area contributed by atoms with Crippen LogP contribution >= 0.6 is 11.6 Å². The summed E-state index contributed by atoms with van der Waals surface area (Å²) in [6, 6.07) is 7.51. The highest BCUT2D eigenvalue weighted by Gasteiger charge is 2.21. The Morgan fingerprint density at radius 2 is 2.20 bits per heavy atom. The Balaban J connectivity index is 1.94. The van der Waals surface area contributed by atoms with Crippen molar-refractivity contribution in [3.63, 3.8) is 0 Å². The quantitative estimate of drug-likeness (QED) is 0.931. The molecule has 0 unspecified atom stereocenters. The number of piperidine rings is 1. The molecule has 106 valence electrons. The van der Waals surface area contributed by atoms with Crippen LogP contribution in [-0.4, -0.2) is 25.5 Å². The number of halogens is 1. The van der Waals surface area contributed by atoms with Crippen LogP contribution in [-0.2, 0) is 4.79 Å². The fourth-order valence-corrected chi connectivity index (χ4v) is 2.80. The Kier molecular flexibility index (Phi) is 4.86. The number of hydrogen-bond acceptors (Lipinski definition) is 3. The summed E-state index contributed by atoms with van der Waals surface area (Å²) >= 11 is 6.23. The summed E-state index contributed by atoms with van der Waals surface area (Å²) in [6.07, 6.45) is 2.08. The van der Waals surface area contributed by atoms with Crippen molar-refractivity contribution in [1.29, 1.82) is 5.26 Å². The maximum atomic E-state index is 10.9. The molecule has 1 aliphatic rings. The molecule has 1 aromatic rings. The maximum Gasteiger partial charge on any atom is 0.216 e. The Labute approximate surface area is 124 Å². The minimum absolute atomic E-state index is 0.0302. The Morgan fingerprint density at radius 1 is 1.50 bits per heavy atom. The first kappa shape index (κ1) is 14.7. The second kappa shape index (κ2) is 6.62. The van der Waals surface area contributed by atoms with Gasteiger partial charge in [-0.15, -0.1) is 0 Å². The lowest BCUT2D eigenvalue weighted by molar-refractivity contribution is -0.119. The highest BCUT2D eigenvalue weighted by Crippen LogP contribution is 2.30. The van der Waals surface area contributed by atoms with Crippen LogP contribution in [0.1, 0.15) is 25.3 Å². The molecule has 2 rings (SSSR count). The lowest BCUT2D eigenvalue weighted by atomic mass is 9.96. The van der Waals surface area contributed by atoms with E-state index in [1.807, 2.05) is 6.07 Å². The predicted molar refractivity (Wildman–Crippen MR) is 79.8 cm³/mol. The third-order valence-electron chi connectivity index (χ3n) is 3.67. The van der Waals surface area contributed by atoms with Crippen molar-refractivity contribution in [2.75, 3.05) is 24.5 Å². The molecule has 1 amide bonds. The van der Waals surface area contributed by atoms with Gasteiger partial charge in [0.15, 0.2) is 0 Å². The van der Waals surface area contributed by atoms with Gasteiger partial charge >= 0.3 is 0 Å². The summed E-state index contributed by atoms with van der Waals surface area (Å²) < 4.78 is 0. The summed E-state index contributed by atoms with van der Waals surface area (Å²) in [7, 11) is 0. The molecular formula is C15H18ClN3O. The zero-order valence-corrected chi connectivity index (χ0v) is 12.3. The van der Waals surface area contributed by atoms with Crippen LogP contribution in [0.15, 0.2) is 18.2 Å². The van der Waals surface area contributed by atoms with Gasteiger partial charge < -0.3 is 10.2 Å². The lowest BCUT2D eigenvalue weighted by Gasteiger charge is -2.34. The van der Waals surface area contributed by atoms with Crippen LogP contribution in [0.4, 0.5) is 5.69 Å². The molecule has 0 radical (unpaired) electrons. The van der Waals surface area contributed by atoms with E-state index < -0.39 is 0 Å². The van der Waals surface area contributed by atoms with Gasteiger partial charge in [-0.3, -0.25) is 4.79 Å². The number of nitrogens with one attached hydrogen (secondary N) is 1. The first-order valence-electron chi connectivity index (χ1n) is 6.79. The first-order chi connectivity index (χ1) is 9.60. The van der Waals surface area contributed by atoms with E-state index in [1.165, 1.54) is 0 Å². The molecular weight excluding hydrogens is 274 g/mol. The number of carbonyl (C=O) groups is 1. The maximum absolute atomic E-state index is 10.9. The smallest absolute Gasteiger partial charge is 0.216 e. The van der Waals surface area contributed by atoms with Gasteiger partial charge in [-0.05, 0) is 37.0 Å². The molecule has 0 saturated carbocycles. The summed E-state index contributed by atoms with van der Waals surface area (Å²) in [4.78, 5) is 13.2. The van der Waals surface area contributed by atoms with E-state index >= 15 is 0 Å². The van der Waals surface area contributed by atoms with Gasteiger partial charge in [0.2, 0.25) is 5.91 Å². The molecule has 0 spiro atoms. The van der Waals surface area contributed by atoms with E-state index in [4.69, 9.17) is 16.9 Å². The van der Waals surface area contributed by atoms with Gasteiger partial charge in [0.25, 0.3) is 0 Å². The molecule has 1 aromatic carbocycles. The van der Waals surface area contributed by atoms with E-state index in [-0.39, 0.29) is 5.91 Å². The minimum Gasteiger partial charge on any atom is -0.370 e. The van der Waals surface area contributed by atoms with Crippen LogP contribution in [0.25, 0.3) is 0 Å². The third-order valence-corrected chi connectivity index (χ3v) is 3.97. The van der Waals surface area contributed by atoms with Crippen molar-refractivity contribution in [1.82, 2.24) is 5.32 Å². The molecule has 0 aliphatic carbocycles. The monoisotopic (exact) mass is 291 g/mol. The van der Waals surface area contributed by atoms with Crippen LogP contribution in [0, 0.1) is 17.2 Å². The fourth-order valence-electron chi connectivity index (χ4n) is 2.50. The van der Waals surface area contributed by atoms with Crippen molar-refractivity contribution in [2.24, 2.45) is 5.92 Å². The molecule has 1 heterocycles. The van der Waals surface area contributed by atoms with E-state index in [9.17, 15) is 4.79 Å². The molecule has 1 aliphatic heterocycles. The van der Waals surface area contributed by atoms with Crippen LogP contribution < -0.4 is 10.2 Å². The number of carbonyl (C=O) groups excluding carboxylic acids is 1. The summed E-state index contributed by atoms with van der Waals surface area (Å²) in [6.45, 7) is 4.15. The summed E-state index contributed by atoms with van der Waals surface area (Å²) in [5.41, 5.74) is 1.57. The molecule has 0 aromatic heterocycles. The topological polar surface area (TPSA) is 56.1 Å². The zero-order valence-electron chi connectivity index (χ0n) is 11.5. The summed E-state index contributed by atoms with van der Waals surface area (Å²) in [5.74, 6) is 0.565. The second-order valence-corrected chi connectivity index (χ2v) is 5.55. The average Bonchev–Trinajstić information content (AvgIpc) is 2.45. The molecule has 4 nitrogen and oxygen atoms in total. The lowest BCUT2D eigenvalue weighted by Crippen LogP contribution is -2.38. The minimum atomic E-state index is 0.0302. The predicted octanol–water partition coefficient (Wildman–Crippen LogP) is 2.56. The SMILES string of the molecule is CC(=O)NCC1CCN(c2ccc(C#N)cc2Cl)CC1. The zero-order chi connectivity index (χ0) is 14.5. The summed E-state index contributed by atoms with van der Waals surface area (Å²) in [5, 5.41) is 12.4. The molecule has 0 bridgehead atoms. The van der Waals surface area contributed by atoms with Crippen molar-refractivity contribution in [3.8, 4) is 6.07 Å². The second-order valence-electron chi connectivity index (χ2n) is 5.15. The van der Waals surface area contributed by atoms with E-state index in [1.54, 1.807) is 19.1 Å². The number of benzene rings is 1. The van der Waals surface area contributed by atoms with Crippen molar-refractivity contribution >= 4 is 23.2 Å². The van der Waals surface area contributed by atoms with Crippen molar-refractivity contribution in [2.45, 2.75) is 19.8 Å². The van der Waals surface area contributed by atoms with E-state index in [0.717, 1.165) is 38.2 Å². The number of hydrogen-bond donors (Lipinski definition) is 1. The highest BCUT2D eigenvalue weighted by atomic mass is 35.5. The Bertz CT molecular complexity index is 530. The van der Waals surface area contributed by atoms with Crippen molar-refractivity contribution in [3.05, 3.63) is 28.8 Å². The third kappa shape index (κ3) is 3.64. The molecule has 5 heteroatoms. The van der Waals surface area contributed by atoms with Gasteiger partial charge in [-0.2, -0.15) is 5.26 Å². The normalized spacial score (nSPS) is 15.8. The van der Waals surface area contributed by atoms with Gasteiger partial charge in [0.05, 0.1) is 22.3 Å².